The van der Waals surface area contributed by atoms with E-state index in [9.17, 15) is 8.42 Å². The van der Waals surface area contributed by atoms with Gasteiger partial charge in [0.1, 0.15) is 0 Å². The number of nitrogens with one attached hydrogen (secondary N) is 2. The highest BCUT2D eigenvalue weighted by Gasteiger charge is 2.17. The number of thiophene rings is 1. The molecule has 1 fully saturated rings. The summed E-state index contributed by atoms with van der Waals surface area (Å²) in [4.78, 5) is 3.73. The predicted molar refractivity (Wildman–Crippen MR) is 82.6 cm³/mol. The number of sulfonamides is 1. The third kappa shape index (κ3) is 4.53. The van der Waals surface area contributed by atoms with Gasteiger partial charge in [0.15, 0.2) is 0 Å². The van der Waals surface area contributed by atoms with Crippen molar-refractivity contribution >= 4 is 21.4 Å². The third-order valence-electron chi connectivity index (χ3n) is 3.41. The summed E-state index contributed by atoms with van der Waals surface area (Å²) in [6.07, 6.45) is 2.45. The van der Waals surface area contributed by atoms with E-state index in [4.69, 9.17) is 0 Å². The molecule has 0 radical (unpaired) electrons. The van der Waals surface area contributed by atoms with Gasteiger partial charge in [-0.2, -0.15) is 0 Å². The smallest absolute Gasteiger partial charge is 0.241 e. The van der Waals surface area contributed by atoms with Gasteiger partial charge in [0.05, 0.1) is 4.90 Å². The zero-order valence-electron chi connectivity index (χ0n) is 11.9. The minimum atomic E-state index is -3.35. The first-order valence-corrected chi connectivity index (χ1v) is 9.48. The molecule has 0 amide bonds. The van der Waals surface area contributed by atoms with E-state index < -0.39 is 10.0 Å². The average Bonchev–Trinajstić information content (AvgIpc) is 3.07. The van der Waals surface area contributed by atoms with Gasteiger partial charge in [0, 0.05) is 29.9 Å². The van der Waals surface area contributed by atoms with E-state index in [1.165, 1.54) is 24.2 Å². The molecule has 0 atom stereocenters. The molecule has 2 N–H and O–H groups in total. The molecule has 1 aromatic heterocycles. The van der Waals surface area contributed by atoms with Crippen LogP contribution in [0.3, 0.4) is 0 Å². The Labute approximate surface area is 125 Å². The van der Waals surface area contributed by atoms with Gasteiger partial charge in [-0.1, -0.05) is 6.92 Å². The van der Waals surface area contributed by atoms with Crippen molar-refractivity contribution in [2.24, 2.45) is 0 Å². The Morgan fingerprint density at radius 3 is 2.80 bits per heavy atom. The van der Waals surface area contributed by atoms with Crippen LogP contribution < -0.4 is 10.0 Å². The van der Waals surface area contributed by atoms with Gasteiger partial charge >= 0.3 is 0 Å². The number of rotatable bonds is 8. The fourth-order valence-corrected chi connectivity index (χ4v) is 4.54. The van der Waals surface area contributed by atoms with E-state index >= 15 is 0 Å². The molecule has 0 unspecified atom stereocenters. The Bertz CT molecular complexity index is 507. The molecule has 5 nitrogen and oxygen atoms in total. The summed E-state index contributed by atoms with van der Waals surface area (Å²) in [5.74, 6) is 0. The van der Waals surface area contributed by atoms with Crippen LogP contribution in [-0.4, -0.2) is 46.0 Å². The Morgan fingerprint density at radius 1 is 1.35 bits per heavy atom. The normalized spacial score (nSPS) is 16.9. The Kier molecular flexibility index (Phi) is 5.98. The zero-order chi connectivity index (χ0) is 14.4. The van der Waals surface area contributed by atoms with Gasteiger partial charge < -0.3 is 10.2 Å². The molecule has 0 aromatic carbocycles. The molecule has 0 saturated carbocycles. The van der Waals surface area contributed by atoms with Crippen LogP contribution in [0.4, 0.5) is 0 Å². The molecular weight excluding hydrogens is 294 g/mol. The van der Waals surface area contributed by atoms with Crippen molar-refractivity contribution < 1.29 is 8.42 Å². The highest BCUT2D eigenvalue weighted by atomic mass is 32.2. The zero-order valence-corrected chi connectivity index (χ0v) is 13.5. The topological polar surface area (TPSA) is 61.4 Å². The molecule has 20 heavy (non-hydrogen) atoms. The lowest BCUT2D eigenvalue weighted by Gasteiger charge is -2.14. The molecule has 114 valence electrons. The van der Waals surface area contributed by atoms with Crippen molar-refractivity contribution in [3.8, 4) is 0 Å². The van der Waals surface area contributed by atoms with Crippen LogP contribution >= 0.6 is 11.3 Å². The number of nitrogens with zero attached hydrogens (tertiary/aromatic N) is 1. The number of hydrogen-bond acceptors (Lipinski definition) is 5. The van der Waals surface area contributed by atoms with Gasteiger partial charge in [-0.15, -0.1) is 11.3 Å². The second kappa shape index (κ2) is 7.51. The molecule has 1 aliphatic heterocycles. The van der Waals surface area contributed by atoms with Crippen LogP contribution in [0.15, 0.2) is 16.3 Å². The van der Waals surface area contributed by atoms with Gasteiger partial charge in [0.2, 0.25) is 10.0 Å². The lowest BCUT2D eigenvalue weighted by Crippen LogP contribution is -2.33. The lowest BCUT2D eigenvalue weighted by atomic mass is 10.4. The van der Waals surface area contributed by atoms with Crippen molar-refractivity contribution in [1.29, 1.82) is 0 Å². The fourth-order valence-electron chi connectivity index (χ4n) is 2.27. The molecule has 0 spiro atoms. The molecular formula is C13H23N3O2S2. The third-order valence-corrected chi connectivity index (χ3v) is 5.93. The molecule has 0 aliphatic carbocycles. The van der Waals surface area contributed by atoms with E-state index in [0.29, 0.717) is 11.4 Å². The van der Waals surface area contributed by atoms with E-state index in [-0.39, 0.29) is 0 Å². The fraction of sp³-hybridized carbons (Fsp3) is 0.692. The molecule has 1 aromatic rings. The monoisotopic (exact) mass is 317 g/mol. The van der Waals surface area contributed by atoms with E-state index in [1.807, 2.05) is 6.92 Å². The second-order valence-electron chi connectivity index (χ2n) is 4.98. The molecule has 1 aliphatic rings. The van der Waals surface area contributed by atoms with E-state index in [1.54, 1.807) is 11.4 Å². The summed E-state index contributed by atoms with van der Waals surface area (Å²) in [5.41, 5.74) is 0. The average molecular weight is 317 g/mol. The van der Waals surface area contributed by atoms with E-state index in [2.05, 4.69) is 14.9 Å². The summed E-state index contributed by atoms with van der Waals surface area (Å²) >= 11 is 1.48. The molecule has 7 heteroatoms. The van der Waals surface area contributed by atoms with Crippen molar-refractivity contribution in [3.05, 3.63) is 16.3 Å². The maximum atomic E-state index is 12.1. The van der Waals surface area contributed by atoms with Crippen LogP contribution in [0.25, 0.3) is 0 Å². The Morgan fingerprint density at radius 2 is 2.10 bits per heavy atom. The van der Waals surface area contributed by atoms with Gasteiger partial charge in [-0.05, 0) is 38.5 Å². The Hall–Kier alpha value is -0.470. The van der Waals surface area contributed by atoms with Gasteiger partial charge in [0.25, 0.3) is 0 Å². The largest absolute Gasteiger partial charge is 0.312 e. The minimum Gasteiger partial charge on any atom is -0.312 e. The van der Waals surface area contributed by atoms with Gasteiger partial charge in [-0.25, -0.2) is 13.1 Å². The SMILES string of the molecule is CCNCc1cc(S(=O)(=O)NCCN2CCCC2)cs1. The summed E-state index contributed by atoms with van der Waals surface area (Å²) in [6, 6.07) is 1.76. The molecule has 2 rings (SSSR count). The quantitative estimate of drug-likeness (QED) is 0.757. The van der Waals surface area contributed by atoms with Crippen molar-refractivity contribution in [1.82, 2.24) is 14.9 Å². The van der Waals surface area contributed by atoms with E-state index in [0.717, 1.165) is 37.6 Å². The summed E-state index contributed by atoms with van der Waals surface area (Å²) in [6.45, 7) is 7.11. The molecule has 0 bridgehead atoms. The van der Waals surface area contributed by atoms with Crippen molar-refractivity contribution in [2.45, 2.75) is 31.2 Å². The van der Waals surface area contributed by atoms with Crippen LogP contribution in [0.1, 0.15) is 24.6 Å². The summed E-state index contributed by atoms with van der Waals surface area (Å²) < 4.78 is 27.0. The maximum absolute atomic E-state index is 12.1. The van der Waals surface area contributed by atoms with Gasteiger partial charge in [-0.3, -0.25) is 0 Å². The standard InChI is InChI=1S/C13H23N3O2S2/c1-2-14-10-12-9-13(11-19-12)20(17,18)15-5-8-16-6-3-4-7-16/h9,11,14-15H,2-8,10H2,1H3. The number of hydrogen-bond donors (Lipinski definition) is 2. The molecule has 2 heterocycles. The number of likely N-dealkylation sites (tertiary alicyclic amines) is 1. The van der Waals surface area contributed by atoms with Crippen molar-refractivity contribution in [2.75, 3.05) is 32.7 Å². The minimum absolute atomic E-state index is 0.386. The maximum Gasteiger partial charge on any atom is 0.241 e. The first-order valence-electron chi connectivity index (χ1n) is 7.12. The highest BCUT2D eigenvalue weighted by Crippen LogP contribution is 2.19. The summed E-state index contributed by atoms with van der Waals surface area (Å²) in [5, 5.41) is 4.91. The highest BCUT2D eigenvalue weighted by molar-refractivity contribution is 7.89. The first kappa shape index (κ1) is 15.9. The summed E-state index contributed by atoms with van der Waals surface area (Å²) in [7, 11) is -3.35. The molecule has 1 saturated heterocycles. The Balaban J connectivity index is 1.83. The van der Waals surface area contributed by atoms with Crippen LogP contribution in [-0.2, 0) is 16.6 Å². The van der Waals surface area contributed by atoms with Crippen LogP contribution in [0, 0.1) is 0 Å². The lowest BCUT2D eigenvalue weighted by molar-refractivity contribution is 0.344. The van der Waals surface area contributed by atoms with Crippen LogP contribution in [0.5, 0.6) is 0 Å². The first-order chi connectivity index (χ1) is 9.62. The van der Waals surface area contributed by atoms with Crippen LogP contribution in [0.2, 0.25) is 0 Å². The van der Waals surface area contributed by atoms with Crippen molar-refractivity contribution in [3.63, 3.8) is 0 Å². The predicted octanol–water partition coefficient (Wildman–Crippen LogP) is 1.23. The second-order valence-corrected chi connectivity index (χ2v) is 7.74.